The standard InChI is InChI=1S/C15H19NO4/c17-14(18)9-4-10-16(12-6-2-1-3-7-12)15(19)13-8-5-11-20-13/h1-3,6-7,13H,4-5,8-11H2,(H,17,18)/t13-/m0/s1. The topological polar surface area (TPSA) is 66.8 Å². The lowest BCUT2D eigenvalue weighted by atomic mass is 10.1. The highest BCUT2D eigenvalue weighted by Crippen LogP contribution is 2.20. The molecular weight excluding hydrogens is 258 g/mol. The van der Waals surface area contributed by atoms with E-state index >= 15 is 0 Å². The molecule has 1 saturated heterocycles. The average molecular weight is 277 g/mol. The van der Waals surface area contributed by atoms with Crippen molar-refractivity contribution in [3.8, 4) is 0 Å². The number of ether oxygens (including phenoxy) is 1. The van der Waals surface area contributed by atoms with Gasteiger partial charge in [-0.3, -0.25) is 9.59 Å². The maximum atomic E-state index is 12.5. The smallest absolute Gasteiger partial charge is 0.303 e. The average Bonchev–Trinajstić information content (AvgIpc) is 2.98. The van der Waals surface area contributed by atoms with Crippen molar-refractivity contribution in [3.63, 3.8) is 0 Å². The van der Waals surface area contributed by atoms with Crippen molar-refractivity contribution in [2.75, 3.05) is 18.1 Å². The third-order valence-corrected chi connectivity index (χ3v) is 3.31. The van der Waals surface area contributed by atoms with E-state index in [2.05, 4.69) is 0 Å². The Hall–Kier alpha value is -1.88. The van der Waals surface area contributed by atoms with Gasteiger partial charge in [-0.05, 0) is 31.4 Å². The number of anilines is 1. The second-order valence-corrected chi connectivity index (χ2v) is 4.82. The van der Waals surface area contributed by atoms with Crippen molar-refractivity contribution in [2.24, 2.45) is 0 Å². The molecule has 1 heterocycles. The predicted molar refractivity (Wildman–Crippen MR) is 74.6 cm³/mol. The first-order chi connectivity index (χ1) is 9.68. The first-order valence-electron chi connectivity index (χ1n) is 6.88. The molecule has 1 N–H and O–H groups in total. The van der Waals surface area contributed by atoms with Gasteiger partial charge in [0.05, 0.1) is 0 Å². The molecule has 0 spiro atoms. The SMILES string of the molecule is O=C(O)CCCN(C(=O)[C@@H]1CCCO1)c1ccccc1. The number of hydrogen-bond donors (Lipinski definition) is 1. The van der Waals surface area contributed by atoms with Gasteiger partial charge in [0.2, 0.25) is 0 Å². The van der Waals surface area contributed by atoms with Gasteiger partial charge in [-0.1, -0.05) is 18.2 Å². The highest BCUT2D eigenvalue weighted by atomic mass is 16.5. The summed E-state index contributed by atoms with van der Waals surface area (Å²) in [5.74, 6) is -0.915. The minimum Gasteiger partial charge on any atom is -0.481 e. The molecule has 20 heavy (non-hydrogen) atoms. The van der Waals surface area contributed by atoms with Gasteiger partial charge in [-0.15, -0.1) is 0 Å². The molecule has 1 aromatic carbocycles. The summed E-state index contributed by atoms with van der Waals surface area (Å²) in [6.07, 6.45) is 1.74. The normalized spacial score (nSPS) is 17.9. The summed E-state index contributed by atoms with van der Waals surface area (Å²) in [4.78, 5) is 24.7. The van der Waals surface area contributed by atoms with Crippen LogP contribution in [0.15, 0.2) is 30.3 Å². The Morgan fingerprint density at radius 3 is 2.65 bits per heavy atom. The molecule has 108 valence electrons. The van der Waals surface area contributed by atoms with E-state index in [9.17, 15) is 9.59 Å². The van der Waals surface area contributed by atoms with Crippen LogP contribution in [0.4, 0.5) is 5.69 Å². The fraction of sp³-hybridized carbons (Fsp3) is 0.467. The van der Waals surface area contributed by atoms with Crippen LogP contribution in [0.2, 0.25) is 0 Å². The number of hydrogen-bond acceptors (Lipinski definition) is 3. The Labute approximate surface area is 118 Å². The van der Waals surface area contributed by atoms with Crippen LogP contribution < -0.4 is 4.90 Å². The van der Waals surface area contributed by atoms with E-state index in [-0.39, 0.29) is 18.4 Å². The van der Waals surface area contributed by atoms with E-state index in [1.807, 2.05) is 30.3 Å². The Morgan fingerprint density at radius 2 is 2.05 bits per heavy atom. The lowest BCUT2D eigenvalue weighted by molar-refractivity contribution is -0.137. The van der Waals surface area contributed by atoms with Gasteiger partial charge in [-0.25, -0.2) is 0 Å². The maximum Gasteiger partial charge on any atom is 0.303 e. The quantitative estimate of drug-likeness (QED) is 0.864. The van der Waals surface area contributed by atoms with Crippen LogP contribution in [-0.4, -0.2) is 36.2 Å². The monoisotopic (exact) mass is 277 g/mol. The van der Waals surface area contributed by atoms with E-state index in [1.165, 1.54) is 0 Å². The van der Waals surface area contributed by atoms with Gasteiger partial charge in [-0.2, -0.15) is 0 Å². The van der Waals surface area contributed by atoms with Gasteiger partial charge in [0.25, 0.3) is 5.91 Å². The maximum absolute atomic E-state index is 12.5. The van der Waals surface area contributed by atoms with E-state index in [0.717, 1.165) is 18.5 Å². The molecule has 0 radical (unpaired) electrons. The highest BCUT2D eigenvalue weighted by molar-refractivity contribution is 5.96. The van der Waals surface area contributed by atoms with Crippen molar-refractivity contribution in [1.82, 2.24) is 0 Å². The van der Waals surface area contributed by atoms with Crippen LogP contribution in [-0.2, 0) is 14.3 Å². The first kappa shape index (κ1) is 14.5. The molecule has 0 aromatic heterocycles. The van der Waals surface area contributed by atoms with Gasteiger partial charge >= 0.3 is 5.97 Å². The second-order valence-electron chi connectivity index (χ2n) is 4.82. The van der Waals surface area contributed by atoms with Crippen LogP contribution in [0.3, 0.4) is 0 Å². The van der Waals surface area contributed by atoms with Crippen LogP contribution in [0, 0.1) is 0 Å². The summed E-state index contributed by atoms with van der Waals surface area (Å²) in [6.45, 7) is 1.02. The zero-order valence-corrected chi connectivity index (χ0v) is 11.3. The number of amides is 1. The van der Waals surface area contributed by atoms with E-state index < -0.39 is 5.97 Å². The molecular formula is C15H19NO4. The minimum absolute atomic E-state index is 0.0577. The molecule has 1 aromatic rings. The molecule has 0 unspecified atom stereocenters. The van der Waals surface area contributed by atoms with E-state index in [4.69, 9.17) is 9.84 Å². The summed E-state index contributed by atoms with van der Waals surface area (Å²) >= 11 is 0. The van der Waals surface area contributed by atoms with Crippen molar-refractivity contribution in [3.05, 3.63) is 30.3 Å². The molecule has 0 bridgehead atoms. The third kappa shape index (κ3) is 3.81. The van der Waals surface area contributed by atoms with Gasteiger partial charge in [0.15, 0.2) is 0 Å². The van der Waals surface area contributed by atoms with E-state index in [0.29, 0.717) is 19.6 Å². The van der Waals surface area contributed by atoms with Crippen molar-refractivity contribution in [1.29, 1.82) is 0 Å². The molecule has 1 aliphatic rings. The molecule has 5 heteroatoms. The predicted octanol–water partition coefficient (Wildman–Crippen LogP) is 2.06. The highest BCUT2D eigenvalue weighted by Gasteiger charge is 2.28. The van der Waals surface area contributed by atoms with Crippen molar-refractivity contribution >= 4 is 17.6 Å². The summed E-state index contributed by atoms with van der Waals surface area (Å²) in [7, 11) is 0. The fourth-order valence-electron chi connectivity index (χ4n) is 2.31. The first-order valence-corrected chi connectivity index (χ1v) is 6.88. The summed E-state index contributed by atoms with van der Waals surface area (Å²) in [5.41, 5.74) is 0.790. The number of carboxylic acids is 1. The van der Waals surface area contributed by atoms with Crippen LogP contribution >= 0.6 is 0 Å². The van der Waals surface area contributed by atoms with Crippen molar-refractivity contribution < 1.29 is 19.4 Å². The van der Waals surface area contributed by atoms with Crippen LogP contribution in [0.5, 0.6) is 0 Å². The lowest BCUT2D eigenvalue weighted by Gasteiger charge is -2.25. The number of carbonyl (C=O) groups is 2. The minimum atomic E-state index is -0.845. The number of nitrogens with zero attached hydrogens (tertiary/aromatic N) is 1. The summed E-state index contributed by atoms with van der Waals surface area (Å²) in [5, 5.41) is 8.72. The zero-order valence-electron chi connectivity index (χ0n) is 11.3. The number of carboxylic acid groups (broad SMARTS) is 1. The zero-order chi connectivity index (χ0) is 14.4. The molecule has 1 amide bonds. The number of benzene rings is 1. The molecule has 0 saturated carbocycles. The summed E-state index contributed by atoms with van der Waals surface area (Å²) < 4.78 is 5.44. The Balaban J connectivity index is 2.06. The third-order valence-electron chi connectivity index (χ3n) is 3.31. The molecule has 1 aliphatic heterocycles. The van der Waals surface area contributed by atoms with Crippen LogP contribution in [0.25, 0.3) is 0 Å². The van der Waals surface area contributed by atoms with Crippen molar-refractivity contribution in [2.45, 2.75) is 31.8 Å². The van der Waals surface area contributed by atoms with Gasteiger partial charge < -0.3 is 14.7 Å². The second kappa shape index (κ2) is 7.05. The van der Waals surface area contributed by atoms with E-state index in [1.54, 1.807) is 4.90 Å². The molecule has 2 rings (SSSR count). The molecule has 1 fully saturated rings. The fourth-order valence-corrected chi connectivity index (χ4v) is 2.31. The Morgan fingerprint density at radius 1 is 1.30 bits per heavy atom. The summed E-state index contributed by atoms with van der Waals surface area (Å²) in [6, 6.07) is 9.32. The number of aliphatic carboxylic acids is 1. The number of para-hydroxylation sites is 1. The van der Waals surface area contributed by atoms with Crippen LogP contribution in [0.1, 0.15) is 25.7 Å². The molecule has 1 atom stereocenters. The number of carbonyl (C=O) groups excluding carboxylic acids is 1. The van der Waals surface area contributed by atoms with Gasteiger partial charge in [0.1, 0.15) is 6.10 Å². The number of rotatable bonds is 6. The largest absolute Gasteiger partial charge is 0.481 e. The Bertz CT molecular complexity index is 454. The Kier molecular flexibility index (Phi) is 5.12. The van der Waals surface area contributed by atoms with Gasteiger partial charge in [0, 0.05) is 25.3 Å². The molecule has 0 aliphatic carbocycles. The molecule has 5 nitrogen and oxygen atoms in total. The lowest BCUT2D eigenvalue weighted by Crippen LogP contribution is -2.39.